The first-order valence-electron chi connectivity index (χ1n) is 8.69. The van der Waals surface area contributed by atoms with Gasteiger partial charge in [-0.25, -0.2) is 4.98 Å². The number of hydrogen-bond donors (Lipinski definition) is 1. The summed E-state index contributed by atoms with van der Waals surface area (Å²) in [5.74, 6) is -0.133. The quantitative estimate of drug-likeness (QED) is 0.621. The Balaban J connectivity index is 1.74. The van der Waals surface area contributed by atoms with E-state index in [0.29, 0.717) is 10.7 Å². The van der Waals surface area contributed by atoms with Crippen LogP contribution in [0, 0.1) is 13.8 Å². The molecule has 0 aliphatic heterocycles. The molecule has 0 spiro atoms. The van der Waals surface area contributed by atoms with Crippen molar-refractivity contribution in [2.45, 2.75) is 40.0 Å². The fourth-order valence-electron chi connectivity index (χ4n) is 2.66. The summed E-state index contributed by atoms with van der Waals surface area (Å²) in [4.78, 5) is 17.0. The Kier molecular flexibility index (Phi) is 4.97. The van der Waals surface area contributed by atoms with Gasteiger partial charge in [0.15, 0.2) is 5.13 Å². The van der Waals surface area contributed by atoms with Crippen LogP contribution in [-0.4, -0.2) is 10.9 Å². The molecule has 1 amide bonds. The summed E-state index contributed by atoms with van der Waals surface area (Å²) in [5, 5.41) is 5.49. The molecule has 3 aromatic rings. The highest BCUT2D eigenvalue weighted by atomic mass is 32.1. The van der Waals surface area contributed by atoms with Crippen molar-refractivity contribution in [3.05, 3.63) is 70.1 Å². The van der Waals surface area contributed by atoms with Gasteiger partial charge in [-0.1, -0.05) is 45.0 Å². The number of carbonyl (C=O) groups excluding carboxylic acids is 1. The molecule has 0 radical (unpaired) electrons. The van der Waals surface area contributed by atoms with Crippen molar-refractivity contribution in [1.29, 1.82) is 0 Å². The van der Waals surface area contributed by atoms with Crippen LogP contribution < -0.4 is 5.32 Å². The molecule has 3 nitrogen and oxygen atoms in total. The number of anilines is 1. The van der Waals surface area contributed by atoms with E-state index in [0.717, 1.165) is 11.3 Å². The number of carbonyl (C=O) groups is 1. The Morgan fingerprint density at radius 2 is 1.69 bits per heavy atom. The van der Waals surface area contributed by atoms with E-state index in [1.165, 1.54) is 28.0 Å². The smallest absolute Gasteiger partial charge is 0.257 e. The number of benzene rings is 2. The minimum Gasteiger partial charge on any atom is -0.298 e. The Morgan fingerprint density at radius 3 is 2.31 bits per heavy atom. The lowest BCUT2D eigenvalue weighted by atomic mass is 9.87. The number of nitrogens with zero attached hydrogens (tertiary/aromatic N) is 1. The SMILES string of the molecule is Cc1ccc(-c2csc(NC(=O)c3ccc(C(C)(C)C)cc3)n2)cc1C. The van der Waals surface area contributed by atoms with Crippen LogP contribution in [0.2, 0.25) is 0 Å². The second kappa shape index (κ2) is 7.04. The third-order valence-electron chi connectivity index (χ3n) is 4.54. The van der Waals surface area contributed by atoms with E-state index in [4.69, 9.17) is 0 Å². The summed E-state index contributed by atoms with van der Waals surface area (Å²) >= 11 is 1.44. The second-order valence-corrected chi connectivity index (χ2v) is 8.48. The van der Waals surface area contributed by atoms with Crippen molar-refractivity contribution in [2.24, 2.45) is 0 Å². The zero-order chi connectivity index (χ0) is 18.9. The molecule has 0 aliphatic carbocycles. The molecule has 2 aromatic carbocycles. The molecular formula is C22H24N2OS. The van der Waals surface area contributed by atoms with Gasteiger partial charge < -0.3 is 0 Å². The van der Waals surface area contributed by atoms with Crippen molar-refractivity contribution >= 4 is 22.4 Å². The van der Waals surface area contributed by atoms with E-state index in [9.17, 15) is 4.79 Å². The number of thiazole rings is 1. The molecule has 0 bridgehead atoms. The van der Waals surface area contributed by atoms with Crippen LogP contribution in [0.15, 0.2) is 47.8 Å². The first kappa shape index (κ1) is 18.3. The predicted molar refractivity (Wildman–Crippen MR) is 110 cm³/mol. The topological polar surface area (TPSA) is 42.0 Å². The second-order valence-electron chi connectivity index (χ2n) is 7.62. The summed E-state index contributed by atoms with van der Waals surface area (Å²) in [7, 11) is 0. The molecule has 1 heterocycles. The Bertz CT molecular complexity index is 934. The molecule has 1 aromatic heterocycles. The van der Waals surface area contributed by atoms with Gasteiger partial charge in [-0.15, -0.1) is 11.3 Å². The fourth-order valence-corrected chi connectivity index (χ4v) is 3.37. The fraction of sp³-hybridized carbons (Fsp3) is 0.273. The van der Waals surface area contributed by atoms with Crippen LogP contribution in [0.5, 0.6) is 0 Å². The van der Waals surface area contributed by atoms with Crippen molar-refractivity contribution in [3.63, 3.8) is 0 Å². The molecule has 0 saturated heterocycles. The monoisotopic (exact) mass is 364 g/mol. The zero-order valence-corrected chi connectivity index (χ0v) is 16.7. The molecule has 0 aliphatic rings. The van der Waals surface area contributed by atoms with Gasteiger partial charge in [0.1, 0.15) is 0 Å². The summed E-state index contributed by atoms with van der Waals surface area (Å²) in [6, 6.07) is 14.0. The number of hydrogen-bond acceptors (Lipinski definition) is 3. The normalized spacial score (nSPS) is 11.4. The molecule has 0 atom stereocenters. The molecule has 3 rings (SSSR count). The number of nitrogens with one attached hydrogen (secondary N) is 1. The summed E-state index contributed by atoms with van der Waals surface area (Å²) in [6.07, 6.45) is 0. The zero-order valence-electron chi connectivity index (χ0n) is 15.9. The van der Waals surface area contributed by atoms with E-state index in [2.05, 4.69) is 63.1 Å². The number of aryl methyl sites for hydroxylation is 2. The summed E-state index contributed by atoms with van der Waals surface area (Å²) < 4.78 is 0. The van der Waals surface area contributed by atoms with Gasteiger partial charge in [-0.2, -0.15) is 0 Å². The maximum atomic E-state index is 12.5. The van der Waals surface area contributed by atoms with Crippen molar-refractivity contribution in [1.82, 2.24) is 4.98 Å². The highest BCUT2D eigenvalue weighted by molar-refractivity contribution is 7.14. The summed E-state index contributed by atoms with van der Waals surface area (Å²) in [6.45, 7) is 10.7. The lowest BCUT2D eigenvalue weighted by molar-refractivity contribution is 0.102. The highest BCUT2D eigenvalue weighted by Crippen LogP contribution is 2.27. The van der Waals surface area contributed by atoms with Crippen LogP contribution >= 0.6 is 11.3 Å². The van der Waals surface area contributed by atoms with Crippen LogP contribution in [-0.2, 0) is 5.41 Å². The third kappa shape index (κ3) is 4.02. The molecule has 1 N–H and O–H groups in total. The van der Waals surface area contributed by atoms with Crippen LogP contribution in [0.3, 0.4) is 0 Å². The van der Waals surface area contributed by atoms with Crippen LogP contribution in [0.4, 0.5) is 5.13 Å². The average Bonchev–Trinajstić information content (AvgIpc) is 3.05. The molecule has 4 heteroatoms. The number of aromatic nitrogens is 1. The first-order valence-corrected chi connectivity index (χ1v) is 9.57. The minimum absolute atomic E-state index is 0.0748. The lowest BCUT2D eigenvalue weighted by Crippen LogP contribution is -2.14. The lowest BCUT2D eigenvalue weighted by Gasteiger charge is -2.18. The Labute approximate surface area is 159 Å². The van der Waals surface area contributed by atoms with E-state index in [-0.39, 0.29) is 11.3 Å². The highest BCUT2D eigenvalue weighted by Gasteiger charge is 2.15. The standard InChI is InChI=1S/C22H24N2OS/c1-14-6-7-17(12-15(14)2)19-13-26-21(23-19)24-20(25)16-8-10-18(11-9-16)22(3,4)5/h6-13H,1-5H3,(H,23,24,25). The van der Waals surface area contributed by atoms with Gasteiger partial charge in [0.25, 0.3) is 5.91 Å². The molecule has 26 heavy (non-hydrogen) atoms. The molecule has 0 fully saturated rings. The molecule has 0 unspecified atom stereocenters. The van der Waals surface area contributed by atoms with Crippen LogP contribution in [0.1, 0.15) is 47.8 Å². The largest absolute Gasteiger partial charge is 0.298 e. The number of rotatable bonds is 3. The molecule has 0 saturated carbocycles. The van der Waals surface area contributed by atoms with Crippen molar-refractivity contribution in [2.75, 3.05) is 5.32 Å². The third-order valence-corrected chi connectivity index (χ3v) is 5.30. The Morgan fingerprint density at radius 1 is 1.00 bits per heavy atom. The van der Waals surface area contributed by atoms with Gasteiger partial charge in [0.2, 0.25) is 0 Å². The number of amides is 1. The van der Waals surface area contributed by atoms with Gasteiger partial charge in [-0.05, 0) is 54.2 Å². The molecule has 134 valence electrons. The van der Waals surface area contributed by atoms with E-state index in [1.54, 1.807) is 0 Å². The molecular weight excluding hydrogens is 340 g/mol. The van der Waals surface area contributed by atoms with Gasteiger partial charge in [0.05, 0.1) is 5.69 Å². The van der Waals surface area contributed by atoms with Gasteiger partial charge in [0, 0.05) is 16.5 Å². The first-order chi connectivity index (χ1) is 12.2. The van der Waals surface area contributed by atoms with Crippen LogP contribution in [0.25, 0.3) is 11.3 Å². The minimum atomic E-state index is -0.133. The van der Waals surface area contributed by atoms with E-state index >= 15 is 0 Å². The average molecular weight is 365 g/mol. The van der Waals surface area contributed by atoms with Crippen molar-refractivity contribution < 1.29 is 4.79 Å². The Hall–Kier alpha value is -2.46. The maximum Gasteiger partial charge on any atom is 0.257 e. The maximum absolute atomic E-state index is 12.5. The van der Waals surface area contributed by atoms with E-state index < -0.39 is 0 Å². The van der Waals surface area contributed by atoms with Gasteiger partial charge >= 0.3 is 0 Å². The van der Waals surface area contributed by atoms with E-state index in [1.807, 2.05) is 29.6 Å². The summed E-state index contributed by atoms with van der Waals surface area (Å²) in [5.41, 5.74) is 6.37. The van der Waals surface area contributed by atoms with Crippen molar-refractivity contribution in [3.8, 4) is 11.3 Å². The van der Waals surface area contributed by atoms with Gasteiger partial charge in [-0.3, -0.25) is 10.1 Å². The predicted octanol–water partition coefficient (Wildman–Crippen LogP) is 5.98.